The first kappa shape index (κ1) is 22.7. The topological polar surface area (TPSA) is 61.4 Å². The Morgan fingerprint density at radius 2 is 1.69 bits per heavy atom. The minimum absolute atomic E-state index is 0. The van der Waals surface area contributed by atoms with Gasteiger partial charge in [-0.25, -0.2) is 4.98 Å². The summed E-state index contributed by atoms with van der Waals surface area (Å²) in [6.07, 6.45) is 5.50. The molecule has 0 amide bonds. The Kier molecular flexibility index (Phi) is 6.23. The Hall–Kier alpha value is -4.12. The first-order valence-electron chi connectivity index (χ1n) is 10.9. The molecule has 0 aliphatic heterocycles. The van der Waals surface area contributed by atoms with Gasteiger partial charge >= 0.3 is 0 Å². The van der Waals surface area contributed by atoms with Crippen molar-refractivity contribution < 1.29 is 20.1 Å². The molecule has 171 valence electrons. The van der Waals surface area contributed by atoms with Gasteiger partial charge in [0.25, 0.3) is 5.56 Å². The molecule has 0 unspecified atom stereocenters. The molecule has 1 radical (unpaired) electrons. The van der Waals surface area contributed by atoms with Gasteiger partial charge in [-0.15, -0.1) is 40.7 Å². The molecule has 35 heavy (non-hydrogen) atoms. The summed E-state index contributed by atoms with van der Waals surface area (Å²) >= 11 is 0. The van der Waals surface area contributed by atoms with Crippen LogP contribution in [0.4, 0.5) is 0 Å². The van der Waals surface area contributed by atoms with Crippen LogP contribution in [0.2, 0.25) is 0 Å². The van der Waals surface area contributed by atoms with E-state index >= 15 is 0 Å². The third kappa shape index (κ3) is 4.14. The van der Waals surface area contributed by atoms with E-state index in [0.29, 0.717) is 11.0 Å². The van der Waals surface area contributed by atoms with Crippen LogP contribution in [-0.4, -0.2) is 14.4 Å². The molecular weight excluding hydrogens is 613 g/mol. The molecule has 0 bridgehead atoms. The molecule has 0 aliphatic carbocycles. The Morgan fingerprint density at radius 1 is 0.829 bits per heavy atom. The zero-order chi connectivity index (χ0) is 22.9. The standard InChI is InChI=1S/C20H11N2O.C9H7N2.Ir/c23-20-18-15-7-3-1-5-13(15)9-10-17(18)22-12-11-14-6-2-4-8-16(14)19(22)21-20;1-2-6-10-8(4-1)9-5-3-7-11-9;/h1-7,9-12H;1-7H;/q2*-1;. The van der Waals surface area contributed by atoms with E-state index in [9.17, 15) is 4.79 Å². The molecule has 4 heterocycles. The van der Waals surface area contributed by atoms with Crippen molar-refractivity contribution in [2.75, 3.05) is 0 Å². The second kappa shape index (κ2) is 9.63. The summed E-state index contributed by atoms with van der Waals surface area (Å²) in [5, 5.41) is 4.54. The number of pyridine rings is 2. The maximum absolute atomic E-state index is 12.7. The number of hydrogen-bond donors (Lipinski definition) is 0. The average molecular weight is 631 g/mol. The quantitative estimate of drug-likeness (QED) is 0.174. The van der Waals surface area contributed by atoms with Crippen LogP contribution in [0.1, 0.15) is 0 Å². The van der Waals surface area contributed by atoms with Crippen molar-refractivity contribution in [1.82, 2.24) is 19.4 Å². The summed E-state index contributed by atoms with van der Waals surface area (Å²) in [5.41, 5.74) is 3.19. The molecular formula is C29H18IrN4O-2. The zero-order valence-corrected chi connectivity index (χ0v) is 20.8. The minimum atomic E-state index is -0.193. The van der Waals surface area contributed by atoms with Crippen LogP contribution in [0.3, 0.4) is 0 Å². The molecule has 6 heteroatoms. The summed E-state index contributed by atoms with van der Waals surface area (Å²) in [7, 11) is 0. The van der Waals surface area contributed by atoms with E-state index in [1.807, 2.05) is 102 Å². The Labute approximate surface area is 214 Å². The van der Waals surface area contributed by atoms with Gasteiger partial charge in [-0.2, -0.15) is 6.20 Å². The van der Waals surface area contributed by atoms with Gasteiger partial charge in [0.05, 0.1) is 16.6 Å². The molecule has 3 aromatic carbocycles. The van der Waals surface area contributed by atoms with Crippen LogP contribution in [0.25, 0.3) is 49.5 Å². The predicted molar refractivity (Wildman–Crippen MR) is 136 cm³/mol. The van der Waals surface area contributed by atoms with Crippen molar-refractivity contribution >= 4 is 38.1 Å². The van der Waals surface area contributed by atoms with Crippen molar-refractivity contribution in [3.8, 4) is 11.4 Å². The Balaban J connectivity index is 0.000000179. The molecule has 0 spiro atoms. The third-order valence-electron chi connectivity index (χ3n) is 5.81. The van der Waals surface area contributed by atoms with E-state index in [1.165, 1.54) is 0 Å². The van der Waals surface area contributed by atoms with Crippen molar-refractivity contribution in [2.24, 2.45) is 0 Å². The number of benzene rings is 3. The van der Waals surface area contributed by atoms with E-state index in [1.54, 1.807) is 12.4 Å². The van der Waals surface area contributed by atoms with Crippen molar-refractivity contribution in [2.45, 2.75) is 0 Å². The zero-order valence-electron chi connectivity index (χ0n) is 18.4. The fourth-order valence-electron chi connectivity index (χ4n) is 4.24. The van der Waals surface area contributed by atoms with Crippen molar-refractivity contribution in [3.05, 3.63) is 126 Å². The summed E-state index contributed by atoms with van der Waals surface area (Å²) in [4.78, 5) is 25.4. The van der Waals surface area contributed by atoms with Crippen LogP contribution in [-0.2, 0) is 20.1 Å². The first-order chi connectivity index (χ1) is 16.8. The van der Waals surface area contributed by atoms with Gasteiger partial charge in [0, 0.05) is 32.0 Å². The maximum atomic E-state index is 12.7. The van der Waals surface area contributed by atoms with Crippen molar-refractivity contribution in [1.29, 1.82) is 0 Å². The molecule has 0 atom stereocenters. The first-order valence-corrected chi connectivity index (χ1v) is 10.9. The Bertz CT molecular complexity index is 1830. The number of aromatic nitrogens is 4. The van der Waals surface area contributed by atoms with Gasteiger partial charge in [-0.05, 0) is 35.2 Å². The summed E-state index contributed by atoms with van der Waals surface area (Å²) < 4.78 is 1.97. The van der Waals surface area contributed by atoms with Gasteiger partial charge in [0.15, 0.2) is 0 Å². The smallest absolute Gasteiger partial charge is 0.272 e. The van der Waals surface area contributed by atoms with Crippen LogP contribution >= 0.6 is 0 Å². The largest absolute Gasteiger partial charge is 0.662 e. The SMILES string of the molecule is O=c1nc2c3[c-]cccc3ccn2c2ccc3ccccc3c12.[Ir].c1ccc(-c2ccc[n-]2)nc1. The molecule has 5 nitrogen and oxygen atoms in total. The third-order valence-corrected chi connectivity index (χ3v) is 5.81. The van der Waals surface area contributed by atoms with E-state index in [4.69, 9.17) is 0 Å². The summed E-state index contributed by atoms with van der Waals surface area (Å²) in [6, 6.07) is 32.6. The second-order valence-corrected chi connectivity index (χ2v) is 7.85. The fourth-order valence-corrected chi connectivity index (χ4v) is 4.24. The van der Waals surface area contributed by atoms with Crippen LogP contribution in [0, 0.1) is 6.07 Å². The Morgan fingerprint density at radius 3 is 2.51 bits per heavy atom. The van der Waals surface area contributed by atoms with E-state index in [0.717, 1.165) is 38.4 Å². The van der Waals surface area contributed by atoms with Crippen LogP contribution in [0.15, 0.2) is 114 Å². The second-order valence-electron chi connectivity index (χ2n) is 7.85. The fraction of sp³-hybridized carbons (Fsp3) is 0. The van der Waals surface area contributed by atoms with Crippen molar-refractivity contribution in [3.63, 3.8) is 0 Å². The molecule has 0 fully saturated rings. The molecule has 0 saturated carbocycles. The predicted octanol–water partition coefficient (Wildman–Crippen LogP) is 5.66. The van der Waals surface area contributed by atoms with Gasteiger partial charge in [0.2, 0.25) is 0 Å². The summed E-state index contributed by atoms with van der Waals surface area (Å²) in [6.45, 7) is 0. The number of nitrogens with zero attached hydrogens (tertiary/aromatic N) is 4. The number of hydrogen-bond acceptors (Lipinski definition) is 3. The van der Waals surface area contributed by atoms with E-state index < -0.39 is 0 Å². The van der Waals surface area contributed by atoms with Gasteiger partial charge in [-0.3, -0.25) is 9.78 Å². The number of fused-ring (bicyclic) bond motifs is 7. The minimum Gasteiger partial charge on any atom is -0.662 e. The van der Waals surface area contributed by atoms with E-state index in [2.05, 4.69) is 21.0 Å². The average Bonchev–Trinajstić information content (AvgIpc) is 3.44. The molecule has 0 saturated heterocycles. The summed E-state index contributed by atoms with van der Waals surface area (Å²) in [5.74, 6) is 0. The molecule has 7 rings (SSSR count). The molecule has 0 N–H and O–H groups in total. The van der Waals surface area contributed by atoms with Gasteiger partial charge < -0.3 is 9.38 Å². The normalized spacial score (nSPS) is 10.7. The monoisotopic (exact) mass is 631 g/mol. The van der Waals surface area contributed by atoms with Crippen LogP contribution < -0.4 is 10.5 Å². The van der Waals surface area contributed by atoms with Crippen LogP contribution in [0.5, 0.6) is 0 Å². The van der Waals surface area contributed by atoms with Gasteiger partial charge in [-0.1, -0.05) is 54.6 Å². The maximum Gasteiger partial charge on any atom is 0.272 e. The number of rotatable bonds is 1. The molecule has 4 aromatic heterocycles. The van der Waals surface area contributed by atoms with Gasteiger partial charge in [0.1, 0.15) is 0 Å². The van der Waals surface area contributed by atoms with E-state index in [-0.39, 0.29) is 25.7 Å². The molecule has 0 aliphatic rings. The molecule has 7 aromatic rings.